The average Bonchev–Trinajstić information content (AvgIpc) is 3.27. The Bertz CT molecular complexity index is 1110. The van der Waals surface area contributed by atoms with E-state index in [1.54, 1.807) is 6.08 Å². The molecule has 3 aliphatic heterocycles. The number of cyclic esters (lactones) is 1. The number of ether oxygens (including phenoxy) is 2. The SMILES string of the molecule is N[C@@H]1C(=O)N2C(C(=O)OC(c3ccccc3)c3ccccc3)=C(CC3C=CC(=O)O3)CS[C@H]12. The quantitative estimate of drug-likeness (QED) is 0.521. The molecule has 1 unspecified atom stereocenters. The van der Waals surface area contributed by atoms with Gasteiger partial charge in [-0.3, -0.25) is 9.69 Å². The molecule has 0 aromatic heterocycles. The van der Waals surface area contributed by atoms with E-state index in [0.29, 0.717) is 17.7 Å². The number of rotatable bonds is 6. The van der Waals surface area contributed by atoms with Gasteiger partial charge in [0.05, 0.1) is 0 Å². The summed E-state index contributed by atoms with van der Waals surface area (Å²) in [7, 11) is 0. The van der Waals surface area contributed by atoms with Gasteiger partial charge in [-0.1, -0.05) is 60.7 Å². The fourth-order valence-electron chi connectivity index (χ4n) is 4.24. The first-order chi connectivity index (χ1) is 16.0. The number of esters is 2. The molecule has 0 spiro atoms. The molecule has 3 aliphatic rings. The monoisotopic (exact) mass is 462 g/mol. The van der Waals surface area contributed by atoms with E-state index in [0.717, 1.165) is 11.1 Å². The lowest BCUT2D eigenvalue weighted by Gasteiger charge is -2.48. The molecule has 1 amide bonds. The lowest BCUT2D eigenvalue weighted by atomic mass is 9.99. The number of benzene rings is 2. The number of nitrogens with two attached hydrogens (primary N) is 1. The summed E-state index contributed by atoms with van der Waals surface area (Å²) in [6.45, 7) is 0. The number of carbonyl (C=O) groups is 3. The zero-order valence-electron chi connectivity index (χ0n) is 17.6. The molecule has 33 heavy (non-hydrogen) atoms. The van der Waals surface area contributed by atoms with Crippen LogP contribution in [0.4, 0.5) is 0 Å². The van der Waals surface area contributed by atoms with Gasteiger partial charge in [-0.05, 0) is 22.8 Å². The summed E-state index contributed by atoms with van der Waals surface area (Å²) in [4.78, 5) is 39.1. The lowest BCUT2D eigenvalue weighted by molar-refractivity contribution is -0.153. The molecule has 0 saturated carbocycles. The number of thioether (sulfide) groups is 1. The summed E-state index contributed by atoms with van der Waals surface area (Å²) in [5, 5.41) is -0.308. The Kier molecular flexibility index (Phi) is 5.78. The molecule has 0 aliphatic carbocycles. The van der Waals surface area contributed by atoms with E-state index in [1.165, 1.54) is 22.7 Å². The highest BCUT2D eigenvalue weighted by Gasteiger charge is 2.52. The molecule has 5 rings (SSSR count). The minimum Gasteiger partial charge on any atom is -0.455 e. The van der Waals surface area contributed by atoms with Gasteiger partial charge in [0.25, 0.3) is 0 Å². The van der Waals surface area contributed by atoms with Crippen LogP contribution in [0.2, 0.25) is 0 Å². The largest absolute Gasteiger partial charge is 0.455 e. The zero-order valence-corrected chi connectivity index (χ0v) is 18.4. The number of β-lactam (4-membered cyclic amide) rings is 1. The van der Waals surface area contributed by atoms with Crippen molar-refractivity contribution in [3.63, 3.8) is 0 Å². The van der Waals surface area contributed by atoms with Crippen molar-refractivity contribution in [1.29, 1.82) is 0 Å². The Morgan fingerprint density at radius 1 is 1.09 bits per heavy atom. The standard InChI is InChI=1S/C25H22N2O5S/c26-20-23(29)27-21(17(14-33-24(20)27)13-18-11-12-19(28)31-18)25(30)32-22(15-7-3-1-4-8-15)16-9-5-2-6-10-16/h1-12,18,20,22,24H,13-14,26H2/t18?,20-,24-/m1/s1. The van der Waals surface area contributed by atoms with E-state index in [2.05, 4.69) is 0 Å². The molecule has 7 nitrogen and oxygen atoms in total. The maximum atomic E-state index is 13.6. The fourth-order valence-corrected chi connectivity index (χ4v) is 5.55. The van der Waals surface area contributed by atoms with Crippen LogP contribution in [0, 0.1) is 0 Å². The third-order valence-corrected chi connectivity index (χ3v) is 7.23. The zero-order chi connectivity index (χ0) is 22.9. The van der Waals surface area contributed by atoms with Crippen molar-refractivity contribution in [2.45, 2.75) is 30.0 Å². The second-order valence-electron chi connectivity index (χ2n) is 8.03. The van der Waals surface area contributed by atoms with E-state index >= 15 is 0 Å². The van der Waals surface area contributed by atoms with Crippen molar-refractivity contribution in [2.24, 2.45) is 5.73 Å². The van der Waals surface area contributed by atoms with E-state index in [-0.39, 0.29) is 17.0 Å². The van der Waals surface area contributed by atoms with E-state index in [1.807, 2.05) is 60.7 Å². The third kappa shape index (κ3) is 4.07. The van der Waals surface area contributed by atoms with Gasteiger partial charge in [-0.25, -0.2) is 9.59 Å². The highest BCUT2D eigenvalue weighted by Crippen LogP contribution is 2.42. The molecule has 168 valence electrons. The Hall–Kier alpha value is -3.36. The van der Waals surface area contributed by atoms with Gasteiger partial charge < -0.3 is 15.2 Å². The second-order valence-corrected chi connectivity index (χ2v) is 9.14. The minimum absolute atomic E-state index is 0.207. The highest BCUT2D eigenvalue weighted by atomic mass is 32.2. The first-order valence-corrected chi connectivity index (χ1v) is 11.7. The second kappa shape index (κ2) is 8.88. The van der Waals surface area contributed by atoms with Crippen LogP contribution in [0.15, 0.2) is 84.1 Å². The van der Waals surface area contributed by atoms with Crippen molar-refractivity contribution < 1.29 is 23.9 Å². The Morgan fingerprint density at radius 3 is 2.30 bits per heavy atom. The predicted octanol–water partition coefficient (Wildman–Crippen LogP) is 2.69. The third-order valence-electron chi connectivity index (χ3n) is 5.87. The molecule has 0 radical (unpaired) electrons. The van der Waals surface area contributed by atoms with Crippen LogP contribution in [-0.4, -0.2) is 46.0 Å². The van der Waals surface area contributed by atoms with Crippen LogP contribution in [-0.2, 0) is 23.9 Å². The lowest BCUT2D eigenvalue weighted by Crippen LogP contribution is -2.68. The van der Waals surface area contributed by atoms with Gasteiger partial charge in [0.1, 0.15) is 23.2 Å². The Balaban J connectivity index is 1.49. The smallest absolute Gasteiger partial charge is 0.356 e. The molecule has 0 bridgehead atoms. The summed E-state index contributed by atoms with van der Waals surface area (Å²) in [5.74, 6) is -0.829. The van der Waals surface area contributed by atoms with Crippen LogP contribution in [0.3, 0.4) is 0 Å². The first-order valence-electron chi connectivity index (χ1n) is 10.6. The fraction of sp³-hybridized carbons (Fsp3) is 0.240. The summed E-state index contributed by atoms with van der Waals surface area (Å²) in [6.07, 6.45) is 2.22. The van der Waals surface area contributed by atoms with Crippen LogP contribution >= 0.6 is 11.8 Å². The van der Waals surface area contributed by atoms with Crippen LogP contribution in [0.5, 0.6) is 0 Å². The molecule has 3 atom stereocenters. The topological polar surface area (TPSA) is 98.9 Å². The highest BCUT2D eigenvalue weighted by molar-refractivity contribution is 8.00. The van der Waals surface area contributed by atoms with Crippen LogP contribution < -0.4 is 5.73 Å². The molecule has 2 aromatic carbocycles. The van der Waals surface area contributed by atoms with Crippen molar-refractivity contribution in [3.05, 3.63) is 95.2 Å². The number of fused-ring (bicyclic) bond motifs is 1. The van der Waals surface area contributed by atoms with Gasteiger partial charge in [-0.15, -0.1) is 11.8 Å². The van der Waals surface area contributed by atoms with E-state index < -0.39 is 30.2 Å². The van der Waals surface area contributed by atoms with Crippen molar-refractivity contribution >= 4 is 29.6 Å². The molecule has 1 saturated heterocycles. The van der Waals surface area contributed by atoms with Gasteiger partial charge in [0.2, 0.25) is 5.91 Å². The summed E-state index contributed by atoms with van der Waals surface area (Å²) < 4.78 is 11.3. The maximum absolute atomic E-state index is 13.6. The average molecular weight is 463 g/mol. The van der Waals surface area contributed by atoms with Gasteiger partial charge in [0, 0.05) is 18.2 Å². The maximum Gasteiger partial charge on any atom is 0.356 e. The Labute approximate surface area is 195 Å². The summed E-state index contributed by atoms with van der Waals surface area (Å²) in [6, 6.07) is 18.3. The van der Waals surface area contributed by atoms with Gasteiger partial charge >= 0.3 is 11.9 Å². The minimum atomic E-state index is -0.650. The molecule has 2 aromatic rings. The van der Waals surface area contributed by atoms with Crippen molar-refractivity contribution in [3.8, 4) is 0 Å². The molecule has 8 heteroatoms. The summed E-state index contributed by atoms with van der Waals surface area (Å²) in [5.41, 5.74) is 8.53. The number of nitrogens with zero attached hydrogens (tertiary/aromatic N) is 1. The van der Waals surface area contributed by atoms with Crippen molar-refractivity contribution in [1.82, 2.24) is 4.90 Å². The van der Waals surface area contributed by atoms with Crippen LogP contribution in [0.25, 0.3) is 0 Å². The molecular weight excluding hydrogens is 440 g/mol. The molecule has 2 N–H and O–H groups in total. The first kappa shape index (κ1) is 21.5. The molecular formula is C25H22N2O5S. The van der Waals surface area contributed by atoms with Crippen molar-refractivity contribution in [2.75, 3.05) is 5.75 Å². The van der Waals surface area contributed by atoms with Gasteiger partial charge in [-0.2, -0.15) is 0 Å². The van der Waals surface area contributed by atoms with Gasteiger partial charge in [0.15, 0.2) is 6.10 Å². The number of hydrogen-bond acceptors (Lipinski definition) is 7. The Morgan fingerprint density at radius 2 is 1.73 bits per heavy atom. The van der Waals surface area contributed by atoms with E-state index in [4.69, 9.17) is 15.2 Å². The predicted molar refractivity (Wildman–Crippen MR) is 123 cm³/mol. The molecule has 3 heterocycles. The summed E-state index contributed by atoms with van der Waals surface area (Å²) >= 11 is 1.50. The normalized spacial score (nSPS) is 23.9. The number of carbonyl (C=O) groups excluding carboxylic acids is 3. The number of hydrogen-bond donors (Lipinski definition) is 1. The molecule has 1 fully saturated rings. The number of amides is 1. The van der Waals surface area contributed by atoms with E-state index in [9.17, 15) is 14.4 Å². The van der Waals surface area contributed by atoms with Crippen LogP contribution in [0.1, 0.15) is 23.7 Å².